The fourth-order valence-electron chi connectivity index (χ4n) is 3.60. The average molecular weight is 287 g/mol. The molecule has 0 saturated carbocycles. The lowest BCUT2D eigenvalue weighted by atomic mass is 9.97. The SMILES string of the molecule is Cc1nc2ccccc2n1CCN1CCCC1C(C)(C)O. The Morgan fingerprint density at radius 1 is 1.29 bits per heavy atom. The summed E-state index contributed by atoms with van der Waals surface area (Å²) in [5.74, 6) is 1.07. The molecule has 0 bridgehead atoms. The van der Waals surface area contributed by atoms with Gasteiger partial charge in [-0.15, -0.1) is 0 Å². The first-order chi connectivity index (χ1) is 9.97. The molecule has 1 saturated heterocycles. The van der Waals surface area contributed by atoms with Gasteiger partial charge in [0.25, 0.3) is 0 Å². The number of fused-ring (bicyclic) bond motifs is 1. The number of rotatable bonds is 4. The number of aromatic nitrogens is 2. The standard InChI is InChI=1S/C17H25N3O/c1-13-18-14-7-4-5-8-15(14)20(13)12-11-19-10-6-9-16(19)17(2,3)21/h4-5,7-8,16,21H,6,9-12H2,1-3H3. The highest BCUT2D eigenvalue weighted by molar-refractivity contribution is 5.75. The molecule has 1 aromatic carbocycles. The van der Waals surface area contributed by atoms with E-state index < -0.39 is 5.60 Å². The van der Waals surface area contributed by atoms with E-state index in [1.54, 1.807) is 0 Å². The van der Waals surface area contributed by atoms with Crippen molar-refractivity contribution in [2.45, 2.75) is 51.8 Å². The summed E-state index contributed by atoms with van der Waals surface area (Å²) in [6, 6.07) is 8.56. The summed E-state index contributed by atoms with van der Waals surface area (Å²) < 4.78 is 2.29. The van der Waals surface area contributed by atoms with E-state index in [1.807, 2.05) is 19.9 Å². The molecule has 4 heteroatoms. The fraction of sp³-hybridized carbons (Fsp3) is 0.588. The van der Waals surface area contributed by atoms with Gasteiger partial charge in [0.1, 0.15) is 5.82 Å². The maximum Gasteiger partial charge on any atom is 0.106 e. The number of benzene rings is 1. The quantitative estimate of drug-likeness (QED) is 0.939. The van der Waals surface area contributed by atoms with Crippen LogP contribution in [-0.4, -0.2) is 44.3 Å². The molecule has 3 rings (SSSR count). The van der Waals surface area contributed by atoms with Crippen LogP contribution in [0, 0.1) is 6.92 Å². The van der Waals surface area contributed by atoms with E-state index in [4.69, 9.17) is 0 Å². The molecule has 1 aromatic heterocycles. The summed E-state index contributed by atoms with van der Waals surface area (Å²) in [5.41, 5.74) is 1.65. The van der Waals surface area contributed by atoms with Crippen molar-refractivity contribution in [2.75, 3.05) is 13.1 Å². The first kappa shape index (κ1) is 14.5. The normalized spacial score (nSPS) is 20.5. The molecule has 1 atom stereocenters. The van der Waals surface area contributed by atoms with E-state index in [9.17, 15) is 5.11 Å². The molecule has 21 heavy (non-hydrogen) atoms. The Balaban J connectivity index is 1.76. The van der Waals surface area contributed by atoms with Gasteiger partial charge in [0, 0.05) is 19.1 Å². The van der Waals surface area contributed by atoms with Gasteiger partial charge in [-0.2, -0.15) is 0 Å². The van der Waals surface area contributed by atoms with E-state index >= 15 is 0 Å². The number of imidazole rings is 1. The van der Waals surface area contributed by atoms with E-state index in [1.165, 1.54) is 11.9 Å². The molecule has 1 N–H and O–H groups in total. The lowest BCUT2D eigenvalue weighted by Gasteiger charge is -2.34. The van der Waals surface area contributed by atoms with Gasteiger partial charge < -0.3 is 9.67 Å². The molecule has 0 radical (unpaired) electrons. The lowest BCUT2D eigenvalue weighted by Crippen LogP contribution is -2.46. The topological polar surface area (TPSA) is 41.3 Å². The van der Waals surface area contributed by atoms with Crippen molar-refractivity contribution in [3.8, 4) is 0 Å². The zero-order valence-corrected chi connectivity index (χ0v) is 13.2. The van der Waals surface area contributed by atoms with Gasteiger partial charge in [0.15, 0.2) is 0 Å². The van der Waals surface area contributed by atoms with Gasteiger partial charge in [-0.1, -0.05) is 12.1 Å². The van der Waals surface area contributed by atoms with Crippen molar-refractivity contribution < 1.29 is 5.11 Å². The maximum absolute atomic E-state index is 10.3. The van der Waals surface area contributed by atoms with Crippen molar-refractivity contribution in [3.63, 3.8) is 0 Å². The molecule has 4 nitrogen and oxygen atoms in total. The van der Waals surface area contributed by atoms with Crippen LogP contribution in [0.1, 0.15) is 32.5 Å². The van der Waals surface area contributed by atoms with Crippen LogP contribution in [0.25, 0.3) is 11.0 Å². The number of para-hydroxylation sites is 2. The summed E-state index contributed by atoms with van der Waals surface area (Å²) >= 11 is 0. The second-order valence-corrected chi connectivity index (χ2v) is 6.65. The Labute approximate surface area is 126 Å². The van der Waals surface area contributed by atoms with Gasteiger partial charge in [-0.3, -0.25) is 4.90 Å². The van der Waals surface area contributed by atoms with Gasteiger partial charge in [0.2, 0.25) is 0 Å². The molecule has 1 aliphatic heterocycles. The Morgan fingerprint density at radius 2 is 2.05 bits per heavy atom. The van der Waals surface area contributed by atoms with Gasteiger partial charge in [-0.25, -0.2) is 4.98 Å². The van der Waals surface area contributed by atoms with Gasteiger partial charge in [-0.05, 0) is 52.3 Å². The fourth-order valence-corrected chi connectivity index (χ4v) is 3.60. The predicted molar refractivity (Wildman–Crippen MR) is 85.4 cm³/mol. The van der Waals surface area contributed by atoms with Crippen LogP contribution < -0.4 is 0 Å². The van der Waals surface area contributed by atoms with Crippen molar-refractivity contribution in [2.24, 2.45) is 0 Å². The third-order valence-electron chi connectivity index (χ3n) is 4.64. The van der Waals surface area contributed by atoms with Crippen LogP contribution in [0.3, 0.4) is 0 Å². The minimum atomic E-state index is -0.622. The summed E-state index contributed by atoms with van der Waals surface area (Å²) in [6.45, 7) is 8.90. The van der Waals surface area contributed by atoms with Crippen molar-refractivity contribution in [1.82, 2.24) is 14.5 Å². The van der Waals surface area contributed by atoms with Crippen molar-refractivity contribution in [1.29, 1.82) is 0 Å². The minimum absolute atomic E-state index is 0.271. The molecular weight excluding hydrogens is 262 g/mol. The number of hydrogen-bond acceptors (Lipinski definition) is 3. The largest absolute Gasteiger partial charge is 0.389 e. The summed E-state index contributed by atoms with van der Waals surface area (Å²) in [7, 11) is 0. The molecular formula is C17H25N3O. The molecule has 114 valence electrons. The minimum Gasteiger partial charge on any atom is -0.389 e. The predicted octanol–water partition coefficient (Wildman–Crippen LogP) is 2.58. The smallest absolute Gasteiger partial charge is 0.106 e. The van der Waals surface area contributed by atoms with Crippen LogP contribution in [0.2, 0.25) is 0 Å². The van der Waals surface area contributed by atoms with E-state index in [0.29, 0.717) is 0 Å². The van der Waals surface area contributed by atoms with E-state index in [2.05, 4.69) is 39.6 Å². The van der Waals surface area contributed by atoms with E-state index in [0.717, 1.165) is 37.4 Å². The van der Waals surface area contributed by atoms with Crippen LogP contribution >= 0.6 is 0 Å². The average Bonchev–Trinajstić information content (AvgIpc) is 2.99. The molecule has 2 heterocycles. The molecule has 0 spiro atoms. The zero-order valence-electron chi connectivity index (χ0n) is 13.2. The van der Waals surface area contributed by atoms with Crippen molar-refractivity contribution >= 4 is 11.0 Å². The highest BCUT2D eigenvalue weighted by Gasteiger charge is 2.35. The Hall–Kier alpha value is -1.39. The number of nitrogens with zero attached hydrogens (tertiary/aromatic N) is 3. The maximum atomic E-state index is 10.3. The second-order valence-electron chi connectivity index (χ2n) is 6.65. The Kier molecular flexibility index (Phi) is 3.76. The summed E-state index contributed by atoms with van der Waals surface area (Å²) in [6.07, 6.45) is 2.27. The second kappa shape index (κ2) is 5.43. The third kappa shape index (κ3) is 2.83. The van der Waals surface area contributed by atoms with E-state index in [-0.39, 0.29) is 6.04 Å². The number of hydrogen-bond donors (Lipinski definition) is 1. The first-order valence-electron chi connectivity index (χ1n) is 7.85. The van der Waals surface area contributed by atoms with Crippen molar-refractivity contribution in [3.05, 3.63) is 30.1 Å². The highest BCUT2D eigenvalue weighted by Crippen LogP contribution is 2.26. The zero-order chi connectivity index (χ0) is 15.0. The molecule has 0 amide bonds. The molecule has 1 unspecified atom stereocenters. The third-order valence-corrected chi connectivity index (χ3v) is 4.64. The Morgan fingerprint density at radius 3 is 2.81 bits per heavy atom. The first-order valence-corrected chi connectivity index (χ1v) is 7.85. The molecule has 0 aliphatic carbocycles. The number of likely N-dealkylation sites (tertiary alicyclic amines) is 1. The monoisotopic (exact) mass is 287 g/mol. The van der Waals surface area contributed by atoms with Crippen LogP contribution in [0.5, 0.6) is 0 Å². The van der Waals surface area contributed by atoms with Crippen LogP contribution in [0.4, 0.5) is 0 Å². The molecule has 2 aromatic rings. The Bertz CT molecular complexity index is 626. The summed E-state index contributed by atoms with van der Waals surface area (Å²) in [5, 5.41) is 10.3. The number of aryl methyl sites for hydroxylation is 1. The summed E-state index contributed by atoms with van der Waals surface area (Å²) in [4.78, 5) is 7.05. The lowest BCUT2D eigenvalue weighted by molar-refractivity contribution is -0.00320. The highest BCUT2D eigenvalue weighted by atomic mass is 16.3. The van der Waals surface area contributed by atoms with Crippen LogP contribution in [0.15, 0.2) is 24.3 Å². The number of aliphatic hydroxyl groups is 1. The molecule has 1 aliphatic rings. The van der Waals surface area contributed by atoms with Crippen LogP contribution in [-0.2, 0) is 6.54 Å². The van der Waals surface area contributed by atoms with Gasteiger partial charge >= 0.3 is 0 Å². The molecule has 1 fully saturated rings. The van der Waals surface area contributed by atoms with Gasteiger partial charge in [0.05, 0.1) is 16.6 Å².